The largest absolute Gasteiger partial charge is 0.508 e. The summed E-state index contributed by atoms with van der Waals surface area (Å²) in [4.78, 5) is 143. The molecule has 0 heterocycles. The third-order valence-electron chi connectivity index (χ3n) is 17.0. The molecule has 0 aliphatic rings. The highest BCUT2D eigenvalue weighted by molar-refractivity contribution is 7.85. The second kappa shape index (κ2) is 56.7. The Morgan fingerprint density at radius 2 is 1.10 bits per heavy atom. The second-order valence-corrected chi connectivity index (χ2v) is 28.1. The summed E-state index contributed by atoms with van der Waals surface area (Å²) in [7, 11) is -2.33. The average Bonchev–Trinajstić information content (AvgIpc) is 0.836. The van der Waals surface area contributed by atoms with Gasteiger partial charge in [-0.2, -0.15) is 8.42 Å². The van der Waals surface area contributed by atoms with Crippen LogP contribution in [0.15, 0.2) is 24.3 Å². The fourth-order valence-electron chi connectivity index (χ4n) is 11.2. The van der Waals surface area contributed by atoms with Crippen molar-refractivity contribution in [3.63, 3.8) is 0 Å². The number of primary amides is 1. The number of carboxylic acids is 2. The van der Waals surface area contributed by atoms with Crippen LogP contribution >= 0.6 is 0 Å². The number of carboxylic acid groups (broad SMARTS) is 2. The lowest BCUT2D eigenvalue weighted by atomic mass is 9.89. The molecule has 102 heavy (non-hydrogen) atoms. The molecule has 0 aromatic heterocycles. The standard InChI is InChI=1S/C71H121N9O21S/c1-51(2)43-57(83)47-77-58(63(85)48-78-60(46-68(89)90)69(91)52(3)80(4)61(25-17-18-26-64(72)73)62(84)45-54(70(74)92)44-53-28-30-55(81)31-29-53)24-19-20-34-75-67(88)50-101-41-38-98-36-22-23-56(82)49-100-40-39-99-37-35-76-65(86)33-32-59(71(93)94)79-66(87)27-16-14-12-10-8-6-5-7-9-11-13-15-21-42-102(95,96)97/h28-31,51-52,54,58-61,77-78,81H,5-27,32-50H2,1-4H3,(H3,72,73)(H2,74,92)(H,75,88)(H,76,86)(H,79,87)(H,89,90)(H,93,94)(H,95,96,97)/t52?,54-,58+,59+,60-,61+/m1/s1. The molecule has 0 spiro atoms. The maximum Gasteiger partial charge on any atom is 0.326 e. The zero-order valence-corrected chi connectivity index (χ0v) is 61.6. The van der Waals surface area contributed by atoms with Crippen LogP contribution in [-0.4, -0.2) is 226 Å². The Labute approximate surface area is 602 Å². The normalized spacial score (nSPS) is 13.4. The molecule has 31 heteroatoms. The van der Waals surface area contributed by atoms with Gasteiger partial charge in [-0.1, -0.05) is 103 Å². The number of rotatable bonds is 69. The van der Waals surface area contributed by atoms with Gasteiger partial charge in [0.1, 0.15) is 30.8 Å². The van der Waals surface area contributed by atoms with Gasteiger partial charge in [0.05, 0.1) is 88.3 Å². The number of hydrogen-bond donors (Lipinski definition) is 12. The molecule has 0 fully saturated rings. The minimum atomic E-state index is -3.87. The van der Waals surface area contributed by atoms with Gasteiger partial charge in [0.2, 0.25) is 23.6 Å². The lowest BCUT2D eigenvalue weighted by Crippen LogP contribution is -2.54. The molecule has 1 unspecified atom stereocenters. The van der Waals surface area contributed by atoms with Gasteiger partial charge in [-0.3, -0.25) is 68.1 Å². The highest BCUT2D eigenvalue weighted by Gasteiger charge is 2.36. The number of likely N-dealkylation sites (N-methyl/N-ethyl adjacent to an activating group) is 1. The van der Waals surface area contributed by atoms with E-state index in [0.717, 1.165) is 70.6 Å². The van der Waals surface area contributed by atoms with Crippen LogP contribution in [0.2, 0.25) is 0 Å². The number of amidine groups is 1. The van der Waals surface area contributed by atoms with Crippen molar-refractivity contribution in [2.45, 2.75) is 237 Å². The van der Waals surface area contributed by atoms with Gasteiger partial charge >= 0.3 is 11.9 Å². The summed E-state index contributed by atoms with van der Waals surface area (Å²) in [5.41, 5.74) is 12.0. The van der Waals surface area contributed by atoms with Gasteiger partial charge in [-0.15, -0.1) is 0 Å². The number of nitrogens with two attached hydrogens (primary N) is 2. The van der Waals surface area contributed by atoms with Crippen molar-refractivity contribution in [3.05, 3.63) is 29.8 Å². The molecule has 0 radical (unpaired) electrons. The number of carbonyl (C=O) groups is 11. The Hall–Kier alpha value is -6.71. The maximum absolute atomic E-state index is 14.2. The van der Waals surface area contributed by atoms with Gasteiger partial charge in [0, 0.05) is 64.1 Å². The van der Waals surface area contributed by atoms with Crippen molar-refractivity contribution in [2.75, 3.05) is 91.8 Å². The molecule has 30 nitrogen and oxygen atoms in total. The van der Waals surface area contributed by atoms with E-state index >= 15 is 0 Å². The third kappa shape index (κ3) is 49.8. The number of ether oxygens (including phenoxy) is 4. The van der Waals surface area contributed by atoms with Crippen molar-refractivity contribution < 1.29 is 100.0 Å². The van der Waals surface area contributed by atoms with E-state index in [2.05, 4.69) is 26.6 Å². The number of benzene rings is 1. The summed E-state index contributed by atoms with van der Waals surface area (Å²) < 4.78 is 52.1. The molecule has 0 aliphatic heterocycles. The topological polar surface area (TPSA) is 479 Å². The number of unbranched alkanes of at least 4 members (excludes halogenated alkanes) is 14. The number of aromatic hydroxyl groups is 1. The molecule has 4 amide bonds. The number of nitrogens with zero attached hydrogens (tertiary/aromatic N) is 1. The van der Waals surface area contributed by atoms with Gasteiger partial charge < -0.3 is 67.0 Å². The molecule has 1 aromatic carbocycles. The van der Waals surface area contributed by atoms with Crippen LogP contribution in [0.4, 0.5) is 0 Å². The van der Waals surface area contributed by atoms with E-state index in [1.54, 1.807) is 19.2 Å². The molecular weight excluding hydrogens is 1350 g/mol. The van der Waals surface area contributed by atoms with Crippen LogP contribution < -0.4 is 38.1 Å². The fourth-order valence-corrected chi connectivity index (χ4v) is 11.7. The van der Waals surface area contributed by atoms with E-state index in [9.17, 15) is 76.5 Å². The van der Waals surface area contributed by atoms with Gasteiger partial charge in [-0.05, 0) is 102 Å². The smallest absolute Gasteiger partial charge is 0.326 e. The zero-order valence-electron chi connectivity index (χ0n) is 60.8. The number of ketones is 5. The van der Waals surface area contributed by atoms with E-state index in [1.807, 2.05) is 13.8 Å². The van der Waals surface area contributed by atoms with Crippen LogP contribution in [0.3, 0.4) is 0 Å². The first-order chi connectivity index (χ1) is 48.5. The Bertz CT molecular complexity index is 2780. The van der Waals surface area contributed by atoms with Crippen molar-refractivity contribution >= 4 is 80.4 Å². The minimum Gasteiger partial charge on any atom is -0.508 e. The van der Waals surface area contributed by atoms with E-state index in [4.69, 9.17) is 40.4 Å². The monoisotopic (exact) mass is 1470 g/mol. The summed E-state index contributed by atoms with van der Waals surface area (Å²) >= 11 is 0. The fraction of sp³-hybridized carbons (Fsp3) is 0.746. The quantitative estimate of drug-likeness (QED) is 0.0180. The molecule has 0 bridgehead atoms. The lowest BCUT2D eigenvalue weighted by molar-refractivity contribution is -0.142. The number of carbonyl (C=O) groups excluding carboxylic acids is 9. The molecule has 0 aliphatic carbocycles. The van der Waals surface area contributed by atoms with E-state index < -0.39 is 100 Å². The van der Waals surface area contributed by atoms with Crippen LogP contribution in [0.25, 0.3) is 0 Å². The lowest BCUT2D eigenvalue weighted by Gasteiger charge is -2.34. The number of phenols is 1. The van der Waals surface area contributed by atoms with Gasteiger partial charge in [0.15, 0.2) is 23.1 Å². The van der Waals surface area contributed by atoms with E-state index in [0.29, 0.717) is 50.5 Å². The Balaban J connectivity index is 2.40. The van der Waals surface area contributed by atoms with Gasteiger partial charge in [-0.25, -0.2) is 4.79 Å². The molecule has 6 atom stereocenters. The number of nitrogens with one attached hydrogen (secondary N) is 6. The van der Waals surface area contributed by atoms with Gasteiger partial charge in [0.25, 0.3) is 10.1 Å². The molecule has 0 saturated heterocycles. The number of phenolic OH excluding ortho intramolecular Hbond substituents is 1. The molecule has 1 rings (SSSR count). The van der Waals surface area contributed by atoms with Crippen LogP contribution in [-0.2, 0) is 88.2 Å². The molecule has 14 N–H and O–H groups in total. The van der Waals surface area contributed by atoms with Crippen LogP contribution in [0, 0.1) is 17.2 Å². The summed E-state index contributed by atoms with van der Waals surface area (Å²) in [5, 5.41) is 50.6. The van der Waals surface area contributed by atoms with Crippen molar-refractivity contribution in [1.82, 2.24) is 31.5 Å². The average molecular weight is 1470 g/mol. The number of amides is 4. The van der Waals surface area contributed by atoms with Crippen molar-refractivity contribution in [1.29, 1.82) is 5.41 Å². The zero-order chi connectivity index (χ0) is 76.1. The molecule has 0 saturated carbocycles. The Kier molecular flexibility index (Phi) is 51.9. The highest BCUT2D eigenvalue weighted by atomic mass is 32.2. The van der Waals surface area contributed by atoms with Crippen molar-refractivity contribution in [3.8, 4) is 5.75 Å². The molecule has 1 aromatic rings. The predicted octanol–water partition coefficient (Wildman–Crippen LogP) is 4.84. The Morgan fingerprint density at radius 1 is 0.539 bits per heavy atom. The van der Waals surface area contributed by atoms with Crippen LogP contribution in [0.5, 0.6) is 5.75 Å². The van der Waals surface area contributed by atoms with Crippen molar-refractivity contribution in [2.24, 2.45) is 23.3 Å². The predicted molar refractivity (Wildman–Crippen MR) is 383 cm³/mol. The summed E-state index contributed by atoms with van der Waals surface area (Å²) in [5.74, 6) is -7.18. The molecule has 582 valence electrons. The third-order valence-corrected chi connectivity index (χ3v) is 17.8. The summed E-state index contributed by atoms with van der Waals surface area (Å²) in [6, 6.07) is 0.667. The second-order valence-electron chi connectivity index (χ2n) is 26.5. The molecular formula is C71H121N9O21S. The minimum absolute atomic E-state index is 0.0194. The number of aliphatic carboxylic acids is 2. The number of hydrogen-bond acceptors (Lipinski definition) is 22. The number of Topliss-reactive ketones (excluding diaryl/α,β-unsaturated/α-hetero) is 5. The maximum atomic E-state index is 14.2. The first kappa shape index (κ1) is 93.3. The first-order valence-corrected chi connectivity index (χ1v) is 37.8. The highest BCUT2D eigenvalue weighted by Crippen LogP contribution is 2.22. The SMILES string of the molecule is CC(C)CC(=O)CN[C@@H](CCCCNC(=O)COCCOCCCC(=O)COCCOCCNC(=O)CC[C@H](NC(=O)CCCCCCCCCCCCCCCS(=O)(=O)O)C(=O)O)C(=O)CN[C@H](CC(=O)O)C(=O)C(C)N(C)[C@@H](CCCCC(=N)N)C(=O)C[C@@H](Cc1ccc(O)cc1)C(N)=O. The van der Waals surface area contributed by atoms with E-state index in [1.165, 1.54) is 24.0 Å². The Morgan fingerprint density at radius 3 is 1.69 bits per heavy atom. The summed E-state index contributed by atoms with van der Waals surface area (Å²) in [6.45, 7) is 5.79. The van der Waals surface area contributed by atoms with E-state index in [-0.39, 0.29) is 183 Å². The van der Waals surface area contributed by atoms with Crippen LogP contribution in [0.1, 0.15) is 206 Å². The first-order valence-electron chi connectivity index (χ1n) is 36.2. The summed E-state index contributed by atoms with van der Waals surface area (Å²) in [6.07, 6.45) is 15.0.